The standard InChI is InChI=1S/C22H23N3O5S/c1-27-17-7-5-4-6-16(17)21-23-24-22(30-21)31-13-20(26)25-9-8-14-10-18(28-2)19(29-3)11-15(14)12-25/h4-7,10-11H,8-9,12-13H2,1-3H3. The van der Waals surface area contributed by atoms with Gasteiger partial charge in [0.1, 0.15) is 5.75 Å². The van der Waals surface area contributed by atoms with Crippen LogP contribution in [0.3, 0.4) is 0 Å². The van der Waals surface area contributed by atoms with Crippen LogP contribution in [0.25, 0.3) is 11.5 Å². The highest BCUT2D eigenvalue weighted by Crippen LogP contribution is 2.34. The highest BCUT2D eigenvalue weighted by molar-refractivity contribution is 7.99. The van der Waals surface area contributed by atoms with Gasteiger partial charge in [0.2, 0.25) is 5.91 Å². The summed E-state index contributed by atoms with van der Waals surface area (Å²) in [4.78, 5) is 14.6. The number of fused-ring (bicyclic) bond motifs is 1. The van der Waals surface area contributed by atoms with E-state index >= 15 is 0 Å². The third kappa shape index (κ3) is 4.46. The van der Waals surface area contributed by atoms with Crippen LogP contribution in [0.1, 0.15) is 11.1 Å². The number of rotatable bonds is 7. The molecule has 3 aromatic rings. The van der Waals surface area contributed by atoms with Gasteiger partial charge in [-0.1, -0.05) is 23.9 Å². The van der Waals surface area contributed by atoms with Crippen molar-refractivity contribution in [2.45, 2.75) is 18.2 Å². The lowest BCUT2D eigenvalue weighted by Crippen LogP contribution is -2.37. The molecule has 0 saturated carbocycles. The van der Waals surface area contributed by atoms with Gasteiger partial charge >= 0.3 is 0 Å². The Morgan fingerprint density at radius 3 is 2.48 bits per heavy atom. The fourth-order valence-electron chi connectivity index (χ4n) is 3.51. The Hall–Kier alpha value is -3.20. The Morgan fingerprint density at radius 1 is 1.03 bits per heavy atom. The van der Waals surface area contributed by atoms with Crippen molar-refractivity contribution in [3.05, 3.63) is 47.5 Å². The van der Waals surface area contributed by atoms with Gasteiger partial charge in [0, 0.05) is 13.1 Å². The van der Waals surface area contributed by atoms with E-state index < -0.39 is 0 Å². The van der Waals surface area contributed by atoms with E-state index in [1.54, 1.807) is 21.3 Å². The van der Waals surface area contributed by atoms with Gasteiger partial charge in [-0.3, -0.25) is 4.79 Å². The first kappa shape index (κ1) is 21.0. The first-order valence-corrected chi connectivity index (χ1v) is 10.7. The lowest BCUT2D eigenvalue weighted by atomic mass is 9.99. The second-order valence-electron chi connectivity index (χ2n) is 6.90. The monoisotopic (exact) mass is 441 g/mol. The number of carbonyl (C=O) groups excluding carboxylic acids is 1. The molecule has 0 unspecified atom stereocenters. The number of thioether (sulfide) groups is 1. The van der Waals surface area contributed by atoms with E-state index in [2.05, 4.69) is 10.2 Å². The molecule has 0 fully saturated rings. The summed E-state index contributed by atoms with van der Waals surface area (Å²) in [5.74, 6) is 2.62. The summed E-state index contributed by atoms with van der Waals surface area (Å²) in [6.07, 6.45) is 0.768. The Labute approximate surface area is 184 Å². The minimum atomic E-state index is 0.0162. The first-order valence-electron chi connectivity index (χ1n) is 9.74. The van der Waals surface area contributed by atoms with E-state index in [1.165, 1.54) is 17.3 Å². The molecular weight excluding hydrogens is 418 g/mol. The SMILES string of the molecule is COc1cc2c(cc1OC)CN(C(=O)CSc1nnc(-c3ccccc3OC)o1)CC2. The highest BCUT2D eigenvalue weighted by atomic mass is 32.2. The number of ether oxygens (including phenoxy) is 3. The van der Waals surface area contributed by atoms with Crippen molar-refractivity contribution in [2.24, 2.45) is 0 Å². The van der Waals surface area contributed by atoms with Crippen LogP contribution in [0.15, 0.2) is 46.0 Å². The van der Waals surface area contributed by atoms with Crippen molar-refractivity contribution in [1.29, 1.82) is 0 Å². The molecule has 4 rings (SSSR count). The maximum Gasteiger partial charge on any atom is 0.277 e. The van der Waals surface area contributed by atoms with Gasteiger partial charge < -0.3 is 23.5 Å². The third-order valence-electron chi connectivity index (χ3n) is 5.13. The number of hydrogen-bond acceptors (Lipinski definition) is 8. The molecule has 0 spiro atoms. The largest absolute Gasteiger partial charge is 0.496 e. The minimum Gasteiger partial charge on any atom is -0.496 e. The average molecular weight is 442 g/mol. The minimum absolute atomic E-state index is 0.0162. The predicted octanol–water partition coefficient (Wildman–Crippen LogP) is 3.44. The second-order valence-corrected chi connectivity index (χ2v) is 7.83. The van der Waals surface area contributed by atoms with Crippen LogP contribution in [0, 0.1) is 0 Å². The van der Waals surface area contributed by atoms with Gasteiger partial charge in [0.05, 0.1) is 32.6 Å². The molecule has 2 heterocycles. The molecule has 0 N–H and O–H groups in total. The van der Waals surface area contributed by atoms with E-state index in [1.807, 2.05) is 41.3 Å². The smallest absolute Gasteiger partial charge is 0.277 e. The Kier molecular flexibility index (Phi) is 6.31. The number of nitrogens with zero attached hydrogens (tertiary/aromatic N) is 3. The molecule has 8 nitrogen and oxygen atoms in total. The summed E-state index contributed by atoms with van der Waals surface area (Å²) in [5.41, 5.74) is 2.96. The molecule has 162 valence electrons. The van der Waals surface area contributed by atoms with Crippen LogP contribution in [0.2, 0.25) is 0 Å². The van der Waals surface area contributed by atoms with Gasteiger partial charge in [-0.05, 0) is 41.8 Å². The number of benzene rings is 2. The fraction of sp³-hybridized carbons (Fsp3) is 0.318. The number of methoxy groups -OCH3 is 3. The van der Waals surface area contributed by atoms with Crippen molar-refractivity contribution in [3.8, 4) is 28.7 Å². The normalized spacial score (nSPS) is 12.9. The number of amides is 1. The molecular formula is C22H23N3O5S. The maximum atomic E-state index is 12.8. The second kappa shape index (κ2) is 9.30. The number of aromatic nitrogens is 2. The molecule has 1 amide bonds. The van der Waals surface area contributed by atoms with Gasteiger partial charge in [0.15, 0.2) is 11.5 Å². The molecule has 1 aliphatic heterocycles. The molecule has 0 aliphatic carbocycles. The number of para-hydroxylation sites is 1. The summed E-state index contributed by atoms with van der Waals surface area (Å²) in [7, 11) is 4.82. The van der Waals surface area contributed by atoms with Crippen molar-refractivity contribution in [1.82, 2.24) is 15.1 Å². The Balaban J connectivity index is 1.40. The van der Waals surface area contributed by atoms with Crippen LogP contribution < -0.4 is 14.2 Å². The molecule has 0 bridgehead atoms. The van der Waals surface area contributed by atoms with Crippen LogP contribution >= 0.6 is 11.8 Å². The molecule has 31 heavy (non-hydrogen) atoms. The van der Waals surface area contributed by atoms with Crippen molar-refractivity contribution < 1.29 is 23.4 Å². The lowest BCUT2D eigenvalue weighted by molar-refractivity contribution is -0.129. The zero-order valence-corrected chi connectivity index (χ0v) is 18.4. The van der Waals surface area contributed by atoms with Gasteiger partial charge in [-0.25, -0.2) is 0 Å². The third-order valence-corrected chi connectivity index (χ3v) is 5.94. The van der Waals surface area contributed by atoms with E-state index in [-0.39, 0.29) is 11.7 Å². The summed E-state index contributed by atoms with van der Waals surface area (Å²) in [6, 6.07) is 11.3. The van der Waals surface area contributed by atoms with Gasteiger partial charge in [0.25, 0.3) is 11.1 Å². The predicted molar refractivity (Wildman–Crippen MR) is 116 cm³/mol. The zero-order chi connectivity index (χ0) is 21.8. The summed E-state index contributed by atoms with van der Waals surface area (Å²) in [6.45, 7) is 1.18. The molecule has 0 atom stereocenters. The van der Waals surface area contributed by atoms with E-state index in [0.717, 1.165) is 12.0 Å². The molecule has 0 saturated heterocycles. The lowest BCUT2D eigenvalue weighted by Gasteiger charge is -2.29. The molecule has 1 aromatic heterocycles. The van der Waals surface area contributed by atoms with Gasteiger partial charge in [-0.2, -0.15) is 0 Å². The molecule has 9 heteroatoms. The summed E-state index contributed by atoms with van der Waals surface area (Å²) in [5, 5.41) is 8.48. The number of hydrogen-bond donors (Lipinski definition) is 0. The van der Waals surface area contributed by atoms with Crippen molar-refractivity contribution >= 4 is 17.7 Å². The number of carbonyl (C=O) groups is 1. The quantitative estimate of drug-likeness (QED) is 0.516. The molecule has 1 aliphatic rings. The average Bonchev–Trinajstić information content (AvgIpc) is 3.30. The van der Waals surface area contributed by atoms with Gasteiger partial charge in [-0.15, -0.1) is 10.2 Å². The van der Waals surface area contributed by atoms with Crippen LogP contribution in [0.4, 0.5) is 0 Å². The van der Waals surface area contributed by atoms with Crippen LogP contribution in [0.5, 0.6) is 17.2 Å². The van der Waals surface area contributed by atoms with Crippen LogP contribution in [-0.4, -0.2) is 54.6 Å². The highest BCUT2D eigenvalue weighted by Gasteiger charge is 2.23. The molecule has 0 radical (unpaired) electrons. The summed E-state index contributed by atoms with van der Waals surface area (Å²) >= 11 is 1.23. The molecule has 2 aromatic carbocycles. The van der Waals surface area contributed by atoms with Crippen molar-refractivity contribution in [2.75, 3.05) is 33.6 Å². The zero-order valence-electron chi connectivity index (χ0n) is 17.6. The van der Waals surface area contributed by atoms with E-state index in [4.69, 9.17) is 18.6 Å². The van der Waals surface area contributed by atoms with E-state index in [0.29, 0.717) is 47.0 Å². The van der Waals surface area contributed by atoms with Crippen LogP contribution in [-0.2, 0) is 17.8 Å². The fourth-order valence-corrected chi connectivity index (χ4v) is 4.18. The summed E-state index contributed by atoms with van der Waals surface area (Å²) < 4.78 is 21.8. The first-order chi connectivity index (χ1) is 15.1. The Bertz CT molecular complexity index is 1080. The van der Waals surface area contributed by atoms with E-state index in [9.17, 15) is 4.79 Å². The Morgan fingerprint density at radius 2 is 1.74 bits per heavy atom. The maximum absolute atomic E-state index is 12.8. The topological polar surface area (TPSA) is 86.9 Å². The van der Waals surface area contributed by atoms with Crippen molar-refractivity contribution in [3.63, 3.8) is 0 Å².